The second-order valence-electron chi connectivity index (χ2n) is 8.14. The van der Waals surface area contributed by atoms with Gasteiger partial charge in [0.15, 0.2) is 0 Å². The van der Waals surface area contributed by atoms with E-state index in [9.17, 15) is 9.59 Å². The van der Waals surface area contributed by atoms with Crippen LogP contribution in [0.2, 0.25) is 0 Å². The van der Waals surface area contributed by atoms with Crippen LogP contribution in [0.25, 0.3) is 10.2 Å². The molecular weight excluding hydrogens is 388 g/mol. The second-order valence-corrected chi connectivity index (χ2v) is 9.14. The van der Waals surface area contributed by atoms with Crippen molar-refractivity contribution in [3.63, 3.8) is 0 Å². The van der Waals surface area contributed by atoms with E-state index < -0.39 is 0 Å². The summed E-state index contributed by atoms with van der Waals surface area (Å²) in [7, 11) is 1.62. The first-order valence-corrected chi connectivity index (χ1v) is 10.2. The van der Waals surface area contributed by atoms with Gasteiger partial charge in [-0.3, -0.25) is 9.59 Å². The molecule has 0 atom stereocenters. The number of rotatable bonds is 5. The van der Waals surface area contributed by atoms with Gasteiger partial charge in [0.25, 0.3) is 5.91 Å². The second kappa shape index (κ2) is 7.94. The molecule has 0 aliphatic heterocycles. The van der Waals surface area contributed by atoms with Crippen molar-refractivity contribution in [3.05, 3.63) is 46.1 Å². The Morgan fingerprint density at radius 2 is 1.97 bits per heavy atom. The molecular formula is C21H26N4O3S. The highest BCUT2D eigenvalue weighted by molar-refractivity contribution is 7.20. The standard InChI is InChI=1S/C21H26N4O3S/c1-12-16-13(2)23-20(21(3,4)5)24-18(16)29-17(12)19(27)25(6)11-15(26)22-10-14-8-7-9-28-14/h7-9H,10-11H2,1-6H3,(H,22,26). The van der Waals surface area contributed by atoms with Gasteiger partial charge in [0.2, 0.25) is 5.91 Å². The average Bonchev–Trinajstić information content (AvgIpc) is 3.26. The minimum Gasteiger partial charge on any atom is -0.467 e. The molecule has 3 aromatic heterocycles. The predicted molar refractivity (Wildman–Crippen MR) is 113 cm³/mol. The highest BCUT2D eigenvalue weighted by Gasteiger charge is 2.25. The molecule has 0 aliphatic rings. The minimum atomic E-state index is -0.248. The molecule has 7 nitrogen and oxygen atoms in total. The first-order chi connectivity index (χ1) is 13.6. The zero-order valence-corrected chi connectivity index (χ0v) is 18.4. The van der Waals surface area contributed by atoms with Gasteiger partial charge in [0.05, 0.1) is 29.9 Å². The number of aryl methyl sites for hydroxylation is 2. The summed E-state index contributed by atoms with van der Waals surface area (Å²) >= 11 is 1.35. The van der Waals surface area contributed by atoms with Gasteiger partial charge < -0.3 is 14.6 Å². The zero-order valence-electron chi connectivity index (χ0n) is 17.6. The van der Waals surface area contributed by atoms with Crippen LogP contribution < -0.4 is 5.32 Å². The van der Waals surface area contributed by atoms with Crippen LogP contribution >= 0.6 is 11.3 Å². The van der Waals surface area contributed by atoms with E-state index in [0.717, 1.165) is 27.3 Å². The number of nitrogens with zero attached hydrogens (tertiary/aromatic N) is 3. The van der Waals surface area contributed by atoms with Crippen LogP contribution in [0.15, 0.2) is 22.8 Å². The number of hydrogen-bond acceptors (Lipinski definition) is 6. The number of nitrogens with one attached hydrogen (secondary N) is 1. The smallest absolute Gasteiger partial charge is 0.264 e. The topological polar surface area (TPSA) is 88.3 Å². The van der Waals surface area contributed by atoms with Crippen molar-refractivity contribution < 1.29 is 14.0 Å². The summed E-state index contributed by atoms with van der Waals surface area (Å²) in [4.78, 5) is 37.3. The van der Waals surface area contributed by atoms with Crippen molar-refractivity contribution in [2.45, 2.75) is 46.6 Å². The van der Waals surface area contributed by atoms with Crippen LogP contribution in [-0.2, 0) is 16.8 Å². The number of hydrogen-bond donors (Lipinski definition) is 1. The molecule has 154 valence electrons. The SMILES string of the molecule is Cc1nc(C(C)(C)C)nc2sc(C(=O)N(C)CC(=O)NCc3ccco3)c(C)c12. The van der Waals surface area contributed by atoms with Crippen molar-refractivity contribution in [1.29, 1.82) is 0 Å². The molecule has 1 N–H and O–H groups in total. The lowest BCUT2D eigenvalue weighted by molar-refractivity contribution is -0.121. The molecule has 29 heavy (non-hydrogen) atoms. The van der Waals surface area contributed by atoms with Crippen LogP contribution in [-0.4, -0.2) is 40.3 Å². The molecule has 8 heteroatoms. The third kappa shape index (κ3) is 4.48. The van der Waals surface area contributed by atoms with E-state index in [1.54, 1.807) is 25.4 Å². The summed E-state index contributed by atoms with van der Waals surface area (Å²) in [6, 6.07) is 3.54. The first-order valence-electron chi connectivity index (χ1n) is 9.40. The summed E-state index contributed by atoms with van der Waals surface area (Å²) in [6.45, 7) is 10.3. The Balaban J connectivity index is 1.78. The lowest BCUT2D eigenvalue weighted by Gasteiger charge is -2.17. The largest absolute Gasteiger partial charge is 0.467 e. The van der Waals surface area contributed by atoms with Crippen molar-refractivity contribution >= 4 is 33.4 Å². The van der Waals surface area contributed by atoms with Crippen molar-refractivity contribution in [1.82, 2.24) is 20.2 Å². The maximum absolute atomic E-state index is 13.0. The monoisotopic (exact) mass is 414 g/mol. The number of thiophene rings is 1. The molecule has 3 rings (SSSR count). The zero-order chi connectivity index (χ0) is 21.3. The Morgan fingerprint density at radius 1 is 1.24 bits per heavy atom. The minimum absolute atomic E-state index is 0.0366. The number of carbonyl (C=O) groups excluding carboxylic acids is 2. The van der Waals surface area contributed by atoms with Crippen LogP contribution in [0, 0.1) is 13.8 Å². The van der Waals surface area contributed by atoms with Gasteiger partial charge in [-0.2, -0.15) is 0 Å². The van der Waals surface area contributed by atoms with E-state index in [1.165, 1.54) is 16.2 Å². The van der Waals surface area contributed by atoms with Crippen LogP contribution in [0.4, 0.5) is 0 Å². The van der Waals surface area contributed by atoms with Gasteiger partial charge in [0.1, 0.15) is 16.4 Å². The fourth-order valence-electron chi connectivity index (χ4n) is 2.99. The summed E-state index contributed by atoms with van der Waals surface area (Å²) < 4.78 is 5.19. The summed E-state index contributed by atoms with van der Waals surface area (Å²) in [6.07, 6.45) is 1.55. The number of likely N-dealkylation sites (N-methyl/N-ethyl adjacent to an activating group) is 1. The van der Waals surface area contributed by atoms with Crippen molar-refractivity contribution in [2.75, 3.05) is 13.6 Å². The van der Waals surface area contributed by atoms with Gasteiger partial charge in [-0.05, 0) is 31.5 Å². The van der Waals surface area contributed by atoms with Gasteiger partial charge in [-0.1, -0.05) is 20.8 Å². The molecule has 3 aromatic rings. The molecule has 0 fully saturated rings. The van der Waals surface area contributed by atoms with E-state index in [1.807, 2.05) is 13.8 Å². The van der Waals surface area contributed by atoms with Gasteiger partial charge in [-0.15, -0.1) is 11.3 Å². The van der Waals surface area contributed by atoms with Crippen LogP contribution in [0.3, 0.4) is 0 Å². The summed E-state index contributed by atoms with van der Waals surface area (Å²) in [5.74, 6) is 0.974. The molecule has 0 radical (unpaired) electrons. The molecule has 0 bridgehead atoms. The number of furan rings is 1. The maximum Gasteiger partial charge on any atom is 0.264 e. The Morgan fingerprint density at radius 3 is 2.59 bits per heavy atom. The predicted octanol–water partition coefficient (Wildman–Crippen LogP) is 3.59. The van der Waals surface area contributed by atoms with E-state index in [-0.39, 0.29) is 23.8 Å². The third-order valence-electron chi connectivity index (χ3n) is 4.60. The van der Waals surface area contributed by atoms with E-state index in [2.05, 4.69) is 31.1 Å². The molecule has 0 saturated carbocycles. The lowest BCUT2D eigenvalue weighted by atomic mass is 9.95. The normalized spacial score (nSPS) is 11.7. The quantitative estimate of drug-likeness (QED) is 0.689. The molecule has 0 unspecified atom stereocenters. The van der Waals surface area contributed by atoms with E-state index in [0.29, 0.717) is 17.2 Å². The van der Waals surface area contributed by atoms with Crippen LogP contribution in [0.5, 0.6) is 0 Å². The maximum atomic E-state index is 13.0. The van der Waals surface area contributed by atoms with E-state index >= 15 is 0 Å². The molecule has 0 spiro atoms. The molecule has 0 saturated heterocycles. The van der Waals surface area contributed by atoms with Crippen LogP contribution in [0.1, 0.15) is 53.3 Å². The van der Waals surface area contributed by atoms with Crippen molar-refractivity contribution in [2.24, 2.45) is 0 Å². The number of fused-ring (bicyclic) bond motifs is 1. The van der Waals surface area contributed by atoms with Gasteiger partial charge >= 0.3 is 0 Å². The number of amides is 2. The number of carbonyl (C=O) groups is 2. The fraction of sp³-hybridized carbons (Fsp3) is 0.429. The fourth-order valence-corrected chi connectivity index (χ4v) is 4.22. The van der Waals surface area contributed by atoms with Crippen molar-refractivity contribution in [3.8, 4) is 0 Å². The molecule has 3 heterocycles. The first kappa shape index (κ1) is 21.0. The highest BCUT2D eigenvalue weighted by atomic mass is 32.1. The highest BCUT2D eigenvalue weighted by Crippen LogP contribution is 2.33. The molecule has 2 amide bonds. The Hall–Kier alpha value is -2.74. The Bertz CT molecular complexity index is 1050. The Labute approximate surface area is 174 Å². The summed E-state index contributed by atoms with van der Waals surface area (Å²) in [5.41, 5.74) is 1.55. The van der Waals surface area contributed by atoms with Gasteiger partial charge in [-0.25, -0.2) is 9.97 Å². The Kier molecular flexibility index (Phi) is 5.75. The number of aromatic nitrogens is 2. The molecule has 0 aliphatic carbocycles. The lowest BCUT2D eigenvalue weighted by Crippen LogP contribution is -2.38. The molecule has 0 aromatic carbocycles. The van der Waals surface area contributed by atoms with E-state index in [4.69, 9.17) is 9.40 Å². The summed E-state index contributed by atoms with van der Waals surface area (Å²) in [5, 5.41) is 3.67. The average molecular weight is 415 g/mol. The third-order valence-corrected chi connectivity index (χ3v) is 5.78. The van der Waals surface area contributed by atoms with Gasteiger partial charge in [0, 0.05) is 17.8 Å².